The van der Waals surface area contributed by atoms with E-state index in [1.807, 2.05) is 0 Å². The van der Waals surface area contributed by atoms with Gasteiger partial charge in [0.1, 0.15) is 0 Å². The molecule has 0 spiro atoms. The van der Waals surface area contributed by atoms with Crippen LogP contribution in [0.1, 0.15) is 57.1 Å². The van der Waals surface area contributed by atoms with Crippen molar-refractivity contribution < 1.29 is 0 Å². The predicted octanol–water partition coefficient (Wildman–Crippen LogP) is 5.29. The summed E-state index contributed by atoms with van der Waals surface area (Å²) < 4.78 is 0. The van der Waals surface area contributed by atoms with Crippen LogP contribution in [0.2, 0.25) is 0 Å². The minimum Gasteiger partial charge on any atom is -0.120 e. The summed E-state index contributed by atoms with van der Waals surface area (Å²) >= 11 is 6.18. The van der Waals surface area contributed by atoms with Gasteiger partial charge in [-0.2, -0.15) is 0 Å². The number of hydrogen-bond donors (Lipinski definition) is 0. The lowest BCUT2D eigenvalue weighted by molar-refractivity contribution is 0.537. The first-order chi connectivity index (χ1) is 7.38. The van der Waals surface area contributed by atoms with Gasteiger partial charge in [-0.1, -0.05) is 43.2 Å². The van der Waals surface area contributed by atoms with E-state index in [0.29, 0.717) is 5.92 Å². The van der Waals surface area contributed by atoms with Crippen LogP contribution < -0.4 is 0 Å². The number of benzene rings is 1. The van der Waals surface area contributed by atoms with Crippen molar-refractivity contribution in [2.75, 3.05) is 0 Å². The second kappa shape index (κ2) is 5.72. The number of halogens is 1. The van der Waals surface area contributed by atoms with E-state index in [4.69, 9.17) is 11.6 Å². The lowest BCUT2D eigenvalue weighted by atomic mass is 9.93. The number of alkyl halides is 1. The monoisotopic (exact) mass is 238 g/mol. The van der Waals surface area contributed by atoms with Gasteiger partial charge in [-0.15, -0.1) is 11.6 Å². The van der Waals surface area contributed by atoms with Gasteiger partial charge in [0, 0.05) is 4.87 Å². The molecule has 0 bridgehead atoms. The highest BCUT2D eigenvalue weighted by Gasteiger charge is 2.13. The third kappa shape index (κ3) is 5.03. The second-order valence-corrected chi connectivity index (χ2v) is 6.45. The Kier molecular flexibility index (Phi) is 4.86. The van der Waals surface area contributed by atoms with Crippen LogP contribution in [-0.2, 0) is 0 Å². The van der Waals surface area contributed by atoms with Crippen LogP contribution in [0, 0.1) is 6.92 Å². The molecule has 1 aromatic rings. The molecule has 0 aliphatic carbocycles. The van der Waals surface area contributed by atoms with Crippen LogP contribution in [0.3, 0.4) is 0 Å². The van der Waals surface area contributed by atoms with Gasteiger partial charge in [-0.05, 0) is 45.1 Å². The minimum absolute atomic E-state index is 0.0486. The van der Waals surface area contributed by atoms with E-state index in [0.717, 1.165) is 6.42 Å². The summed E-state index contributed by atoms with van der Waals surface area (Å²) in [4.78, 5) is -0.0486. The van der Waals surface area contributed by atoms with Crippen LogP contribution in [0.5, 0.6) is 0 Å². The molecule has 0 heterocycles. The van der Waals surface area contributed by atoms with E-state index < -0.39 is 0 Å². The molecule has 16 heavy (non-hydrogen) atoms. The standard InChI is InChI=1S/C15H23Cl/c1-12-7-9-14(10-8-12)13(2)6-5-11-15(3,4)16/h7-10,13H,5-6,11H2,1-4H3. The Hall–Kier alpha value is -0.490. The Bertz CT molecular complexity index is 305. The van der Waals surface area contributed by atoms with Crippen LogP contribution in [0.15, 0.2) is 24.3 Å². The van der Waals surface area contributed by atoms with Crippen molar-refractivity contribution in [3.63, 3.8) is 0 Å². The first-order valence-electron chi connectivity index (χ1n) is 6.14. The van der Waals surface area contributed by atoms with Crippen molar-refractivity contribution in [3.05, 3.63) is 35.4 Å². The predicted molar refractivity (Wildman–Crippen MR) is 73.4 cm³/mol. The maximum absolute atomic E-state index is 6.18. The first-order valence-corrected chi connectivity index (χ1v) is 6.52. The molecular formula is C15H23Cl. The normalized spacial score (nSPS) is 13.8. The van der Waals surface area contributed by atoms with Gasteiger partial charge in [0.05, 0.1) is 0 Å². The fourth-order valence-electron chi connectivity index (χ4n) is 1.89. The summed E-state index contributed by atoms with van der Waals surface area (Å²) in [6.45, 7) is 8.60. The first kappa shape index (κ1) is 13.6. The molecule has 0 amide bonds. The van der Waals surface area contributed by atoms with Gasteiger partial charge in [0.25, 0.3) is 0 Å². The van der Waals surface area contributed by atoms with Crippen molar-refractivity contribution in [1.82, 2.24) is 0 Å². The summed E-state index contributed by atoms with van der Waals surface area (Å²) in [6.07, 6.45) is 3.51. The molecule has 1 heteroatoms. The summed E-state index contributed by atoms with van der Waals surface area (Å²) in [5.74, 6) is 0.639. The molecule has 1 unspecified atom stereocenters. The smallest absolute Gasteiger partial charge is 0.0390 e. The van der Waals surface area contributed by atoms with Crippen molar-refractivity contribution >= 4 is 11.6 Å². The molecule has 0 N–H and O–H groups in total. The molecule has 0 radical (unpaired) electrons. The van der Waals surface area contributed by atoms with E-state index in [2.05, 4.69) is 52.0 Å². The highest BCUT2D eigenvalue weighted by molar-refractivity contribution is 6.23. The molecule has 1 atom stereocenters. The fraction of sp³-hybridized carbons (Fsp3) is 0.600. The molecule has 0 aromatic heterocycles. The SMILES string of the molecule is Cc1ccc(C(C)CCCC(C)(C)Cl)cc1. The Balaban J connectivity index is 2.41. The molecular weight excluding hydrogens is 216 g/mol. The number of hydrogen-bond acceptors (Lipinski definition) is 0. The van der Waals surface area contributed by atoms with Crippen LogP contribution in [-0.4, -0.2) is 4.87 Å². The lowest BCUT2D eigenvalue weighted by Gasteiger charge is -2.17. The minimum atomic E-state index is -0.0486. The van der Waals surface area contributed by atoms with Crippen molar-refractivity contribution in [3.8, 4) is 0 Å². The van der Waals surface area contributed by atoms with Gasteiger partial charge >= 0.3 is 0 Å². The van der Waals surface area contributed by atoms with E-state index in [1.165, 1.54) is 24.0 Å². The zero-order valence-electron chi connectivity index (χ0n) is 10.9. The number of rotatable bonds is 5. The summed E-state index contributed by atoms with van der Waals surface area (Å²) in [5.41, 5.74) is 2.77. The Labute approximate surface area is 105 Å². The summed E-state index contributed by atoms with van der Waals surface area (Å²) in [5, 5.41) is 0. The summed E-state index contributed by atoms with van der Waals surface area (Å²) in [6, 6.07) is 8.87. The Morgan fingerprint density at radius 3 is 2.25 bits per heavy atom. The molecule has 0 fully saturated rings. The second-order valence-electron chi connectivity index (χ2n) is 5.42. The Morgan fingerprint density at radius 2 is 1.75 bits per heavy atom. The van der Waals surface area contributed by atoms with Gasteiger partial charge in [-0.3, -0.25) is 0 Å². The van der Waals surface area contributed by atoms with Gasteiger partial charge < -0.3 is 0 Å². The summed E-state index contributed by atoms with van der Waals surface area (Å²) in [7, 11) is 0. The molecule has 0 nitrogen and oxygen atoms in total. The van der Waals surface area contributed by atoms with E-state index >= 15 is 0 Å². The third-order valence-corrected chi connectivity index (χ3v) is 3.24. The van der Waals surface area contributed by atoms with E-state index in [1.54, 1.807) is 0 Å². The molecule has 0 aliphatic heterocycles. The van der Waals surface area contributed by atoms with Crippen LogP contribution in [0.25, 0.3) is 0 Å². The number of aryl methyl sites for hydroxylation is 1. The molecule has 0 aliphatic rings. The van der Waals surface area contributed by atoms with Crippen molar-refractivity contribution in [2.45, 2.75) is 57.7 Å². The van der Waals surface area contributed by atoms with Gasteiger partial charge in [0.2, 0.25) is 0 Å². The van der Waals surface area contributed by atoms with Gasteiger partial charge in [-0.25, -0.2) is 0 Å². The molecule has 0 saturated heterocycles. The zero-order valence-corrected chi connectivity index (χ0v) is 11.6. The zero-order chi connectivity index (χ0) is 12.2. The topological polar surface area (TPSA) is 0 Å². The molecule has 0 saturated carbocycles. The highest BCUT2D eigenvalue weighted by Crippen LogP contribution is 2.26. The molecule has 1 aromatic carbocycles. The largest absolute Gasteiger partial charge is 0.120 e. The fourth-order valence-corrected chi connectivity index (χ4v) is 2.02. The highest BCUT2D eigenvalue weighted by atomic mass is 35.5. The molecule has 90 valence electrons. The average molecular weight is 239 g/mol. The average Bonchev–Trinajstić information content (AvgIpc) is 2.16. The van der Waals surface area contributed by atoms with Gasteiger partial charge in [0.15, 0.2) is 0 Å². The van der Waals surface area contributed by atoms with Crippen molar-refractivity contribution in [1.29, 1.82) is 0 Å². The van der Waals surface area contributed by atoms with E-state index in [9.17, 15) is 0 Å². The van der Waals surface area contributed by atoms with Crippen LogP contribution in [0.4, 0.5) is 0 Å². The maximum atomic E-state index is 6.18. The lowest BCUT2D eigenvalue weighted by Crippen LogP contribution is -2.09. The third-order valence-electron chi connectivity index (χ3n) is 3.05. The van der Waals surface area contributed by atoms with Crippen molar-refractivity contribution in [2.24, 2.45) is 0 Å². The Morgan fingerprint density at radius 1 is 1.19 bits per heavy atom. The van der Waals surface area contributed by atoms with Crippen LogP contribution >= 0.6 is 11.6 Å². The molecule has 1 rings (SSSR count). The van der Waals surface area contributed by atoms with E-state index in [-0.39, 0.29) is 4.87 Å². The quantitative estimate of drug-likeness (QED) is 0.612. The maximum Gasteiger partial charge on any atom is 0.0390 e.